The third kappa shape index (κ3) is 4.38. The van der Waals surface area contributed by atoms with Crippen LogP contribution in [0.25, 0.3) is 0 Å². The average Bonchev–Trinajstić information content (AvgIpc) is 2.68. The fourth-order valence-corrected chi connectivity index (χ4v) is 2.36. The van der Waals surface area contributed by atoms with Gasteiger partial charge in [-0.2, -0.15) is 0 Å². The number of aromatic nitrogens is 3. The van der Waals surface area contributed by atoms with Gasteiger partial charge in [-0.25, -0.2) is 9.97 Å². The molecule has 0 aliphatic carbocycles. The summed E-state index contributed by atoms with van der Waals surface area (Å²) in [6, 6.07) is 13.4. The summed E-state index contributed by atoms with van der Waals surface area (Å²) in [5, 5.41) is 6.01. The van der Waals surface area contributed by atoms with Gasteiger partial charge in [-0.15, -0.1) is 0 Å². The van der Waals surface area contributed by atoms with Crippen LogP contribution in [0.5, 0.6) is 0 Å². The molecular formula is C19H19N5O. The number of nitrogens with zero attached hydrogens (tertiary/aromatic N) is 3. The molecule has 2 aromatic heterocycles. The van der Waals surface area contributed by atoms with Crippen LogP contribution in [0.2, 0.25) is 0 Å². The first kappa shape index (κ1) is 16.6. The molecule has 0 unspecified atom stereocenters. The first-order valence-corrected chi connectivity index (χ1v) is 8.11. The maximum absolute atomic E-state index is 12.3. The standard InChI is InChI=1S/C19H19N5O/c1-2-14-7-3-4-9-16(14)24-19(25)17-12-23-18(13-21-17)22-11-15-8-5-6-10-20-15/h3-10,12-13H,2,11H2,1H3,(H,22,23)(H,24,25). The van der Waals surface area contributed by atoms with Gasteiger partial charge in [0.2, 0.25) is 0 Å². The minimum Gasteiger partial charge on any atom is -0.363 e. The number of aryl methyl sites for hydroxylation is 1. The molecule has 0 fully saturated rings. The Hall–Kier alpha value is -3.28. The molecule has 1 amide bonds. The second-order valence-corrected chi connectivity index (χ2v) is 5.43. The van der Waals surface area contributed by atoms with Gasteiger partial charge < -0.3 is 10.6 Å². The van der Waals surface area contributed by atoms with E-state index in [0.29, 0.717) is 12.4 Å². The van der Waals surface area contributed by atoms with E-state index >= 15 is 0 Å². The highest BCUT2D eigenvalue weighted by Gasteiger charge is 2.10. The van der Waals surface area contributed by atoms with Crippen molar-refractivity contribution in [1.82, 2.24) is 15.0 Å². The number of para-hydroxylation sites is 1. The molecule has 0 spiro atoms. The summed E-state index contributed by atoms with van der Waals surface area (Å²) in [7, 11) is 0. The van der Waals surface area contributed by atoms with Gasteiger partial charge in [-0.05, 0) is 30.2 Å². The first-order chi connectivity index (χ1) is 12.3. The lowest BCUT2D eigenvalue weighted by Crippen LogP contribution is -2.15. The molecule has 126 valence electrons. The molecule has 2 heterocycles. The number of anilines is 2. The summed E-state index contributed by atoms with van der Waals surface area (Å²) >= 11 is 0. The van der Waals surface area contributed by atoms with E-state index < -0.39 is 0 Å². The Morgan fingerprint density at radius 3 is 2.56 bits per heavy atom. The predicted molar refractivity (Wildman–Crippen MR) is 97.4 cm³/mol. The average molecular weight is 333 g/mol. The Bertz CT molecular complexity index is 834. The van der Waals surface area contributed by atoms with Crippen molar-refractivity contribution in [3.63, 3.8) is 0 Å². The molecule has 6 heteroatoms. The monoisotopic (exact) mass is 333 g/mol. The number of carbonyl (C=O) groups is 1. The van der Waals surface area contributed by atoms with Gasteiger partial charge in [0.15, 0.2) is 0 Å². The van der Waals surface area contributed by atoms with E-state index in [2.05, 4.69) is 25.6 Å². The van der Waals surface area contributed by atoms with Gasteiger partial charge >= 0.3 is 0 Å². The van der Waals surface area contributed by atoms with Crippen LogP contribution >= 0.6 is 0 Å². The number of carbonyl (C=O) groups excluding carboxylic acids is 1. The number of pyridine rings is 1. The SMILES string of the molecule is CCc1ccccc1NC(=O)c1cnc(NCc2ccccn2)cn1. The smallest absolute Gasteiger partial charge is 0.275 e. The molecule has 2 N–H and O–H groups in total. The minimum absolute atomic E-state index is 0.272. The highest BCUT2D eigenvalue weighted by atomic mass is 16.1. The summed E-state index contributed by atoms with van der Waals surface area (Å²) in [4.78, 5) is 25.0. The summed E-state index contributed by atoms with van der Waals surface area (Å²) in [5.41, 5.74) is 3.06. The molecule has 25 heavy (non-hydrogen) atoms. The second kappa shape index (κ2) is 8.01. The van der Waals surface area contributed by atoms with Crippen LogP contribution in [0.4, 0.5) is 11.5 Å². The van der Waals surface area contributed by atoms with Crippen LogP contribution in [-0.2, 0) is 13.0 Å². The lowest BCUT2D eigenvalue weighted by molar-refractivity contribution is 0.102. The zero-order valence-corrected chi connectivity index (χ0v) is 13.9. The molecule has 3 aromatic rings. The fourth-order valence-electron chi connectivity index (χ4n) is 2.36. The second-order valence-electron chi connectivity index (χ2n) is 5.43. The number of hydrogen-bond donors (Lipinski definition) is 2. The molecule has 1 aromatic carbocycles. The Kier molecular flexibility index (Phi) is 5.31. The van der Waals surface area contributed by atoms with Crippen molar-refractivity contribution in [2.24, 2.45) is 0 Å². The van der Waals surface area contributed by atoms with Crippen LogP contribution in [0.15, 0.2) is 61.1 Å². The van der Waals surface area contributed by atoms with Crippen molar-refractivity contribution in [3.8, 4) is 0 Å². The molecule has 0 saturated heterocycles. The maximum atomic E-state index is 12.3. The van der Waals surface area contributed by atoms with Gasteiger partial charge in [-0.3, -0.25) is 9.78 Å². The van der Waals surface area contributed by atoms with E-state index in [1.165, 1.54) is 6.20 Å². The highest BCUT2D eigenvalue weighted by molar-refractivity contribution is 6.03. The number of hydrogen-bond acceptors (Lipinski definition) is 5. The maximum Gasteiger partial charge on any atom is 0.275 e. The molecule has 0 aliphatic rings. The lowest BCUT2D eigenvalue weighted by Gasteiger charge is -2.09. The lowest BCUT2D eigenvalue weighted by atomic mass is 10.1. The van der Waals surface area contributed by atoms with Crippen molar-refractivity contribution in [3.05, 3.63) is 78.0 Å². The highest BCUT2D eigenvalue weighted by Crippen LogP contribution is 2.16. The molecule has 6 nitrogen and oxygen atoms in total. The quantitative estimate of drug-likeness (QED) is 0.723. The Morgan fingerprint density at radius 2 is 1.84 bits per heavy atom. The van der Waals surface area contributed by atoms with Crippen LogP contribution in [-0.4, -0.2) is 20.9 Å². The fraction of sp³-hybridized carbons (Fsp3) is 0.158. The zero-order valence-electron chi connectivity index (χ0n) is 13.9. The zero-order chi connectivity index (χ0) is 17.5. The van der Waals surface area contributed by atoms with Crippen LogP contribution in [0, 0.1) is 0 Å². The molecule has 0 bridgehead atoms. The summed E-state index contributed by atoms with van der Waals surface area (Å²) < 4.78 is 0. The van der Waals surface area contributed by atoms with Crippen LogP contribution in [0.3, 0.4) is 0 Å². The largest absolute Gasteiger partial charge is 0.363 e. The van der Waals surface area contributed by atoms with E-state index in [0.717, 1.165) is 23.4 Å². The van der Waals surface area contributed by atoms with Gasteiger partial charge in [-0.1, -0.05) is 31.2 Å². The molecule has 0 radical (unpaired) electrons. The number of amides is 1. The van der Waals surface area contributed by atoms with Crippen molar-refractivity contribution in [1.29, 1.82) is 0 Å². The minimum atomic E-state index is -0.273. The van der Waals surface area contributed by atoms with E-state index in [9.17, 15) is 4.79 Å². The Morgan fingerprint density at radius 1 is 1.00 bits per heavy atom. The topological polar surface area (TPSA) is 79.8 Å². The molecule has 0 saturated carbocycles. The number of rotatable bonds is 6. The van der Waals surface area contributed by atoms with E-state index in [4.69, 9.17) is 0 Å². The molecule has 0 atom stereocenters. The summed E-state index contributed by atoms with van der Waals surface area (Å²) in [6.45, 7) is 2.60. The van der Waals surface area contributed by atoms with Gasteiger partial charge in [0.25, 0.3) is 5.91 Å². The molecular weight excluding hydrogens is 314 g/mol. The van der Waals surface area contributed by atoms with Crippen molar-refractivity contribution >= 4 is 17.4 Å². The van der Waals surface area contributed by atoms with Gasteiger partial charge in [0.05, 0.1) is 24.6 Å². The van der Waals surface area contributed by atoms with Crippen molar-refractivity contribution < 1.29 is 4.79 Å². The van der Waals surface area contributed by atoms with Gasteiger partial charge in [0, 0.05) is 11.9 Å². The van der Waals surface area contributed by atoms with Crippen LogP contribution in [0.1, 0.15) is 28.7 Å². The van der Waals surface area contributed by atoms with Gasteiger partial charge in [0.1, 0.15) is 11.5 Å². The Labute approximate surface area is 146 Å². The van der Waals surface area contributed by atoms with Crippen LogP contribution < -0.4 is 10.6 Å². The van der Waals surface area contributed by atoms with Crippen molar-refractivity contribution in [2.75, 3.05) is 10.6 Å². The summed E-state index contributed by atoms with van der Waals surface area (Å²) in [6.07, 6.45) is 5.59. The van der Waals surface area contributed by atoms with E-state index in [-0.39, 0.29) is 11.6 Å². The predicted octanol–water partition coefficient (Wildman–Crippen LogP) is 3.30. The van der Waals surface area contributed by atoms with Crippen molar-refractivity contribution in [2.45, 2.75) is 19.9 Å². The van der Waals surface area contributed by atoms with E-state index in [1.54, 1.807) is 12.4 Å². The number of nitrogens with one attached hydrogen (secondary N) is 2. The normalized spacial score (nSPS) is 10.3. The number of benzene rings is 1. The third-order valence-electron chi connectivity index (χ3n) is 3.71. The summed E-state index contributed by atoms with van der Waals surface area (Å²) in [5.74, 6) is 0.320. The third-order valence-corrected chi connectivity index (χ3v) is 3.71. The molecule has 0 aliphatic heterocycles. The van der Waals surface area contributed by atoms with E-state index in [1.807, 2.05) is 49.4 Å². The Balaban J connectivity index is 1.62. The first-order valence-electron chi connectivity index (χ1n) is 8.11. The molecule has 3 rings (SSSR count).